The monoisotopic (exact) mass is 255 g/mol. The highest BCUT2D eigenvalue weighted by Crippen LogP contribution is 2.37. The lowest BCUT2D eigenvalue weighted by molar-refractivity contribution is -0.183. The van der Waals surface area contributed by atoms with Gasteiger partial charge in [0.15, 0.2) is 6.29 Å². The first kappa shape index (κ1) is 14.3. The van der Waals surface area contributed by atoms with E-state index < -0.39 is 0 Å². The summed E-state index contributed by atoms with van der Waals surface area (Å²) in [7, 11) is 0. The highest BCUT2D eigenvalue weighted by atomic mass is 16.7. The van der Waals surface area contributed by atoms with Gasteiger partial charge in [-0.25, -0.2) is 0 Å². The van der Waals surface area contributed by atoms with Crippen molar-refractivity contribution in [2.24, 2.45) is 5.41 Å². The molecular weight excluding hydrogens is 226 g/mol. The second-order valence-electron chi connectivity index (χ2n) is 5.86. The first-order chi connectivity index (χ1) is 8.78. The number of nitrogens with zero attached hydrogens (tertiary/aromatic N) is 1. The average Bonchev–Trinajstić information content (AvgIpc) is 2.47. The van der Waals surface area contributed by atoms with Gasteiger partial charge in [-0.2, -0.15) is 0 Å². The Morgan fingerprint density at radius 3 is 2.22 bits per heavy atom. The Morgan fingerprint density at radius 2 is 1.67 bits per heavy atom. The summed E-state index contributed by atoms with van der Waals surface area (Å²) < 4.78 is 11.2. The van der Waals surface area contributed by atoms with Crippen molar-refractivity contribution < 1.29 is 9.47 Å². The lowest BCUT2D eigenvalue weighted by Crippen LogP contribution is -2.41. The molecule has 0 radical (unpaired) electrons. The molecule has 0 N–H and O–H groups in total. The molecule has 2 aliphatic rings. The van der Waals surface area contributed by atoms with Crippen LogP contribution in [0.3, 0.4) is 0 Å². The summed E-state index contributed by atoms with van der Waals surface area (Å²) >= 11 is 0. The van der Waals surface area contributed by atoms with Crippen LogP contribution in [0.15, 0.2) is 0 Å². The van der Waals surface area contributed by atoms with Gasteiger partial charge in [-0.3, -0.25) is 0 Å². The molecule has 106 valence electrons. The minimum Gasteiger partial charge on any atom is -0.353 e. The summed E-state index contributed by atoms with van der Waals surface area (Å²) in [6, 6.07) is 0. The van der Waals surface area contributed by atoms with Crippen LogP contribution in [0.1, 0.15) is 52.4 Å². The Kier molecular flexibility index (Phi) is 5.46. The number of piperidine rings is 1. The van der Waals surface area contributed by atoms with Crippen molar-refractivity contribution in [3.05, 3.63) is 0 Å². The molecule has 0 amide bonds. The summed E-state index contributed by atoms with van der Waals surface area (Å²) in [5.41, 5.74) is 0.633. The summed E-state index contributed by atoms with van der Waals surface area (Å²) in [5.74, 6) is 0. The lowest BCUT2D eigenvalue weighted by Gasteiger charge is -2.41. The van der Waals surface area contributed by atoms with E-state index >= 15 is 0 Å². The molecule has 2 heterocycles. The lowest BCUT2D eigenvalue weighted by atomic mass is 9.74. The van der Waals surface area contributed by atoms with Crippen LogP contribution in [0, 0.1) is 5.41 Å². The molecule has 3 nitrogen and oxygen atoms in total. The highest BCUT2D eigenvalue weighted by Gasteiger charge is 2.31. The maximum Gasteiger partial charge on any atom is 0.158 e. The summed E-state index contributed by atoms with van der Waals surface area (Å²) in [6.45, 7) is 10.1. The van der Waals surface area contributed by atoms with Crippen molar-refractivity contribution in [3.63, 3.8) is 0 Å². The molecule has 0 unspecified atom stereocenters. The van der Waals surface area contributed by atoms with Crippen LogP contribution in [0.25, 0.3) is 0 Å². The Balaban J connectivity index is 1.66. The van der Waals surface area contributed by atoms with Crippen molar-refractivity contribution in [2.75, 3.05) is 32.8 Å². The number of ether oxygens (including phenoxy) is 2. The van der Waals surface area contributed by atoms with Gasteiger partial charge in [0.05, 0.1) is 13.2 Å². The van der Waals surface area contributed by atoms with Crippen molar-refractivity contribution in [3.8, 4) is 0 Å². The van der Waals surface area contributed by atoms with Gasteiger partial charge in [0.1, 0.15) is 0 Å². The van der Waals surface area contributed by atoms with E-state index in [4.69, 9.17) is 9.47 Å². The predicted molar refractivity (Wildman–Crippen MR) is 73.6 cm³/mol. The second kappa shape index (κ2) is 6.88. The van der Waals surface area contributed by atoms with Gasteiger partial charge in [0.25, 0.3) is 0 Å². The van der Waals surface area contributed by atoms with Crippen LogP contribution in [0.5, 0.6) is 0 Å². The van der Waals surface area contributed by atoms with Crippen LogP contribution >= 0.6 is 0 Å². The smallest absolute Gasteiger partial charge is 0.158 e. The molecule has 0 spiro atoms. The van der Waals surface area contributed by atoms with Gasteiger partial charge in [0, 0.05) is 13.0 Å². The van der Waals surface area contributed by atoms with E-state index in [1.807, 2.05) is 0 Å². The second-order valence-corrected chi connectivity index (χ2v) is 5.86. The van der Waals surface area contributed by atoms with Crippen LogP contribution in [-0.2, 0) is 9.47 Å². The molecule has 0 aliphatic carbocycles. The van der Waals surface area contributed by atoms with E-state index in [9.17, 15) is 0 Å². The van der Waals surface area contributed by atoms with E-state index in [-0.39, 0.29) is 6.29 Å². The van der Waals surface area contributed by atoms with Gasteiger partial charge in [-0.1, -0.05) is 26.7 Å². The maximum atomic E-state index is 5.60. The molecule has 0 atom stereocenters. The molecule has 0 aromatic heterocycles. The Hall–Kier alpha value is -0.120. The predicted octanol–water partition coefficient (Wildman–Crippen LogP) is 3.04. The highest BCUT2D eigenvalue weighted by molar-refractivity contribution is 4.84. The zero-order valence-corrected chi connectivity index (χ0v) is 12.1. The van der Waals surface area contributed by atoms with Crippen molar-refractivity contribution in [1.29, 1.82) is 0 Å². The molecule has 0 bridgehead atoms. The van der Waals surface area contributed by atoms with Crippen LogP contribution in [0.2, 0.25) is 0 Å². The van der Waals surface area contributed by atoms with Crippen molar-refractivity contribution in [1.82, 2.24) is 4.90 Å². The number of hydrogen-bond donors (Lipinski definition) is 0. The fourth-order valence-electron chi connectivity index (χ4n) is 3.20. The van der Waals surface area contributed by atoms with Gasteiger partial charge in [0.2, 0.25) is 0 Å². The number of likely N-dealkylation sites (tertiary alicyclic amines) is 1. The number of hydrogen-bond acceptors (Lipinski definition) is 3. The molecule has 2 saturated heterocycles. The number of rotatable bonds is 5. The third kappa shape index (κ3) is 3.69. The van der Waals surface area contributed by atoms with Gasteiger partial charge in [-0.15, -0.1) is 0 Å². The minimum atomic E-state index is 0.0581. The quantitative estimate of drug-likeness (QED) is 0.753. The minimum absolute atomic E-state index is 0.0581. The zero-order chi connectivity index (χ0) is 12.8. The molecule has 0 aromatic carbocycles. The largest absolute Gasteiger partial charge is 0.353 e. The van der Waals surface area contributed by atoms with E-state index in [2.05, 4.69) is 18.7 Å². The van der Waals surface area contributed by atoms with Gasteiger partial charge in [-0.05, 0) is 37.8 Å². The van der Waals surface area contributed by atoms with Crippen molar-refractivity contribution >= 4 is 0 Å². The van der Waals surface area contributed by atoms with E-state index in [0.29, 0.717) is 5.41 Å². The molecule has 2 fully saturated rings. The molecule has 0 aromatic rings. The molecular formula is C15H29NO2. The SMILES string of the molecule is CCC1(CC)CCN(CCC2OCCCO2)CC1. The third-order valence-corrected chi connectivity index (χ3v) is 4.99. The Labute approximate surface area is 112 Å². The topological polar surface area (TPSA) is 21.7 Å². The Bertz CT molecular complexity index is 225. The van der Waals surface area contributed by atoms with E-state index in [1.165, 1.54) is 38.8 Å². The maximum absolute atomic E-state index is 5.60. The van der Waals surface area contributed by atoms with Crippen LogP contribution in [0.4, 0.5) is 0 Å². The molecule has 2 aliphatic heterocycles. The van der Waals surface area contributed by atoms with Crippen molar-refractivity contribution in [2.45, 2.75) is 58.7 Å². The third-order valence-electron chi connectivity index (χ3n) is 4.99. The average molecular weight is 255 g/mol. The van der Waals surface area contributed by atoms with Gasteiger partial charge < -0.3 is 14.4 Å². The first-order valence-electron chi connectivity index (χ1n) is 7.73. The fourth-order valence-corrected chi connectivity index (χ4v) is 3.20. The summed E-state index contributed by atoms with van der Waals surface area (Å²) in [6.07, 6.45) is 7.56. The fraction of sp³-hybridized carbons (Fsp3) is 1.00. The summed E-state index contributed by atoms with van der Waals surface area (Å²) in [5, 5.41) is 0. The normalized spacial score (nSPS) is 26.3. The van der Waals surface area contributed by atoms with Crippen LogP contribution < -0.4 is 0 Å². The molecule has 3 heteroatoms. The first-order valence-corrected chi connectivity index (χ1v) is 7.73. The Morgan fingerprint density at radius 1 is 1.06 bits per heavy atom. The zero-order valence-electron chi connectivity index (χ0n) is 12.1. The molecule has 0 saturated carbocycles. The molecule has 2 rings (SSSR count). The molecule has 18 heavy (non-hydrogen) atoms. The standard InChI is InChI=1S/C15H29NO2/c1-3-15(4-2)7-10-16(11-8-15)9-6-14-17-12-5-13-18-14/h14H,3-13H2,1-2H3. The summed E-state index contributed by atoms with van der Waals surface area (Å²) in [4.78, 5) is 2.59. The van der Waals surface area contributed by atoms with E-state index in [1.54, 1.807) is 0 Å². The van der Waals surface area contributed by atoms with E-state index in [0.717, 1.165) is 32.6 Å². The van der Waals surface area contributed by atoms with Gasteiger partial charge >= 0.3 is 0 Å². The van der Waals surface area contributed by atoms with Crippen LogP contribution in [-0.4, -0.2) is 44.0 Å².